The molecule has 11 nitrogen and oxygen atoms in total. The van der Waals surface area contributed by atoms with E-state index < -0.39 is 39.7 Å². The summed E-state index contributed by atoms with van der Waals surface area (Å²) in [5, 5.41) is 21.8. The molecule has 0 aliphatic rings. The third kappa shape index (κ3) is 36.7. The molecule has 0 aliphatic carbocycles. The minimum atomic E-state index is -4.84. The summed E-state index contributed by atoms with van der Waals surface area (Å²) >= 11 is 1.28. The molecule has 1 aromatic rings. The first kappa shape index (κ1) is 46.7. The number of esters is 1. The fourth-order valence-corrected chi connectivity index (χ4v) is 2.80. The minimum absolute atomic E-state index is 0.176. The summed E-state index contributed by atoms with van der Waals surface area (Å²) in [7, 11) is -4.84. The molecule has 0 aromatic heterocycles. The minimum Gasteiger partial charge on any atom is -0.481 e. The number of aliphatic carboxylic acids is 3. The van der Waals surface area contributed by atoms with Crippen LogP contribution < -0.4 is 0 Å². The molecule has 0 bridgehead atoms. The Bertz CT molecular complexity index is 1130. The molecular weight excluding hydrogens is 591 g/mol. The molecule has 0 aliphatic heterocycles. The van der Waals surface area contributed by atoms with Gasteiger partial charge in [-0.3, -0.25) is 14.1 Å². The average molecular weight is 635 g/mol. The molecule has 1 aromatic carbocycles. The van der Waals surface area contributed by atoms with E-state index in [4.69, 9.17) is 24.6 Å². The fraction of sp³-hybridized carbons (Fsp3) is 0.333. The van der Waals surface area contributed by atoms with Crippen LogP contribution in [0.5, 0.6) is 0 Å². The Morgan fingerprint density at radius 3 is 1.74 bits per heavy atom. The van der Waals surface area contributed by atoms with Gasteiger partial charge in [0.1, 0.15) is 0 Å². The second-order valence-corrected chi connectivity index (χ2v) is 10.7. The van der Waals surface area contributed by atoms with Crippen LogP contribution in [0.2, 0.25) is 3.67 Å². The van der Waals surface area contributed by atoms with Crippen LogP contribution in [0.4, 0.5) is 0 Å². The molecule has 0 spiro atoms. The first-order chi connectivity index (χ1) is 19.9. The molecule has 236 valence electrons. The number of carboxylic acids is 3. The number of hydrogen-bond donors (Lipinski definition) is 4. The molecule has 1 unspecified atom stereocenters. The van der Waals surface area contributed by atoms with E-state index in [0.29, 0.717) is 12.2 Å². The summed E-state index contributed by atoms with van der Waals surface area (Å²) in [4.78, 5) is 40.3. The van der Waals surface area contributed by atoms with Crippen molar-refractivity contribution in [3.8, 4) is 0 Å². The first-order valence-electron chi connectivity index (χ1n) is 13.0. The Labute approximate surface area is 272 Å². The summed E-state index contributed by atoms with van der Waals surface area (Å²) in [6, 6.07) is 10.0. The summed E-state index contributed by atoms with van der Waals surface area (Å²) in [5.74, 6) is -4.72. The number of carboxylic acid groups (broad SMARTS) is 3. The van der Waals surface area contributed by atoms with Gasteiger partial charge in [0, 0.05) is 11.1 Å². The van der Waals surface area contributed by atoms with E-state index in [1.807, 2.05) is 42.5 Å². The molecule has 0 saturated heterocycles. The second kappa shape index (κ2) is 30.2. The maximum atomic E-state index is 10.7. The standard InChI is InChI=1S/C8H14O2.C8H8.C6H9.C4H6O7S.C4H6O2.Na/c1-4-5-6-10-8(9)7(2)3;1-2-8-6-4-3-5-7-8;1-3-5-6-4-2;5-3(6)1-2(4(7)8)12(9,10)11;1-3(2)4(5)6;/h2,4-6H2,1,3H3;2-7H,1H2;3-5H,1-2,6H2;2H,1H2,(H,5,6)(H,7,8)(H,9,10,11);1H2,2H3,(H,5,6);. The van der Waals surface area contributed by atoms with E-state index in [9.17, 15) is 27.6 Å². The normalized spacial score (nSPS) is 10.2. The Morgan fingerprint density at radius 2 is 1.49 bits per heavy atom. The molecule has 13 heteroatoms. The van der Waals surface area contributed by atoms with Crippen molar-refractivity contribution in [3.05, 3.63) is 91.6 Å². The van der Waals surface area contributed by atoms with Crippen LogP contribution in [-0.2, 0) is 34.0 Å². The van der Waals surface area contributed by atoms with Gasteiger partial charge in [-0.05, 0) is 25.8 Å². The van der Waals surface area contributed by atoms with Crippen LogP contribution in [0, 0.1) is 0 Å². The number of hydrogen-bond acceptors (Lipinski definition) is 7. The Kier molecular flexibility index (Phi) is 32.7. The topological polar surface area (TPSA) is 193 Å². The van der Waals surface area contributed by atoms with Crippen LogP contribution in [0.15, 0.2) is 86.0 Å². The monoisotopic (exact) mass is 634 g/mol. The van der Waals surface area contributed by atoms with Crippen molar-refractivity contribution in [2.75, 3.05) is 6.61 Å². The molecule has 0 radical (unpaired) electrons. The van der Waals surface area contributed by atoms with Crippen LogP contribution >= 0.6 is 0 Å². The fourth-order valence-electron chi connectivity index (χ4n) is 1.86. The summed E-state index contributed by atoms with van der Waals surface area (Å²) < 4.78 is 34.7. The molecule has 0 heterocycles. The molecule has 4 N–H and O–H groups in total. The third-order valence-corrected chi connectivity index (χ3v) is 5.74. The number of rotatable bonds is 13. The zero-order valence-corrected chi connectivity index (χ0v) is 28.2. The van der Waals surface area contributed by atoms with Gasteiger partial charge in [-0.15, -0.1) is 0 Å². The van der Waals surface area contributed by atoms with Gasteiger partial charge >= 0.3 is 86.7 Å². The third-order valence-electron chi connectivity index (χ3n) is 4.18. The van der Waals surface area contributed by atoms with Gasteiger partial charge in [-0.25, -0.2) is 9.59 Å². The molecule has 1 atom stereocenters. The number of allylic oxidation sites excluding steroid dienone is 3. The maximum Gasteiger partial charge on any atom is 0.325 e. The molecule has 0 saturated carbocycles. The number of unbranched alkanes of at least 4 members (excludes halogenated alkanes) is 1. The van der Waals surface area contributed by atoms with Gasteiger partial charge in [0.15, 0.2) is 5.25 Å². The second-order valence-electron chi connectivity index (χ2n) is 8.31. The summed E-state index contributed by atoms with van der Waals surface area (Å²) in [6.07, 6.45) is 9.94. The Balaban J connectivity index is -0.000000226. The Hall–Kier alpha value is -3.29. The predicted octanol–water partition coefficient (Wildman–Crippen LogP) is 5.39. The van der Waals surface area contributed by atoms with E-state index >= 15 is 0 Å². The van der Waals surface area contributed by atoms with Gasteiger partial charge in [0.2, 0.25) is 0 Å². The van der Waals surface area contributed by atoms with E-state index in [1.165, 1.54) is 44.1 Å². The SMILES string of the molecule is C=C(C)C(=O)O.C=C(C)C(=O)OCCCC.C=CCC=C[CH2][Na].C=Cc1ccccc1.O=C(O)CC(C(=O)O)S(=O)(=O)O. The van der Waals surface area contributed by atoms with Crippen LogP contribution in [0.25, 0.3) is 6.08 Å². The molecule has 1 rings (SSSR count). The smallest absolute Gasteiger partial charge is 0.325 e. The van der Waals surface area contributed by atoms with Crippen molar-refractivity contribution in [2.45, 2.75) is 55.4 Å². The van der Waals surface area contributed by atoms with Crippen molar-refractivity contribution >= 4 is 68.0 Å². The van der Waals surface area contributed by atoms with Crippen molar-refractivity contribution in [1.29, 1.82) is 0 Å². The quantitative estimate of drug-likeness (QED) is 0.0543. The van der Waals surface area contributed by atoms with Crippen LogP contribution in [0.3, 0.4) is 0 Å². The number of ether oxygens (including phenoxy) is 1. The predicted molar refractivity (Wildman–Crippen MR) is 169 cm³/mol. The molecule has 43 heavy (non-hydrogen) atoms. The maximum absolute atomic E-state index is 10.7. The molecular formula is C30H43NaO11S. The Morgan fingerprint density at radius 1 is 0.977 bits per heavy atom. The van der Waals surface area contributed by atoms with E-state index in [-0.39, 0.29) is 11.5 Å². The van der Waals surface area contributed by atoms with Gasteiger partial charge < -0.3 is 20.1 Å². The van der Waals surface area contributed by atoms with Crippen LogP contribution in [-0.4, -0.2) is 92.0 Å². The van der Waals surface area contributed by atoms with Gasteiger partial charge in [-0.1, -0.05) is 69.5 Å². The van der Waals surface area contributed by atoms with Crippen molar-refractivity contribution in [2.24, 2.45) is 0 Å². The van der Waals surface area contributed by atoms with Gasteiger partial charge in [0.25, 0.3) is 10.1 Å². The van der Waals surface area contributed by atoms with Crippen molar-refractivity contribution in [3.63, 3.8) is 0 Å². The first-order valence-corrected chi connectivity index (χ1v) is 15.9. The van der Waals surface area contributed by atoms with Gasteiger partial charge in [0.05, 0.1) is 13.0 Å². The molecule has 0 fully saturated rings. The number of carbonyl (C=O) groups excluding carboxylic acids is 1. The average Bonchev–Trinajstić information content (AvgIpc) is 2.93. The zero-order valence-electron chi connectivity index (χ0n) is 25.4. The number of benzene rings is 1. The summed E-state index contributed by atoms with van der Waals surface area (Å²) in [5.41, 5.74) is 1.82. The number of carbonyl (C=O) groups is 4. The van der Waals surface area contributed by atoms with Gasteiger partial charge in [-0.2, -0.15) is 8.42 Å². The van der Waals surface area contributed by atoms with Crippen molar-refractivity contribution in [1.82, 2.24) is 0 Å². The van der Waals surface area contributed by atoms with Crippen LogP contribution in [0.1, 0.15) is 52.0 Å². The largest absolute Gasteiger partial charge is 0.481 e. The van der Waals surface area contributed by atoms with E-state index in [0.717, 1.165) is 19.3 Å². The van der Waals surface area contributed by atoms with Crippen molar-refractivity contribution < 1.29 is 52.2 Å². The zero-order chi connectivity index (χ0) is 34.4. The van der Waals surface area contributed by atoms with E-state index in [1.54, 1.807) is 6.92 Å². The van der Waals surface area contributed by atoms with E-state index in [2.05, 4.69) is 45.4 Å². The molecule has 0 amide bonds. The summed E-state index contributed by atoms with van der Waals surface area (Å²) in [6.45, 7) is 19.5.